The number of carboxylic acid groups (broad SMARTS) is 1. The average Bonchev–Trinajstić information content (AvgIpc) is 2.60. The van der Waals surface area contributed by atoms with Gasteiger partial charge in [-0.2, -0.15) is 0 Å². The fourth-order valence-corrected chi connectivity index (χ4v) is 2.41. The minimum Gasteiger partial charge on any atom is -0.481 e. The first-order valence-electron chi connectivity index (χ1n) is 4.68. The average molecular weight is 248 g/mol. The molecule has 0 amide bonds. The van der Waals surface area contributed by atoms with Crippen molar-refractivity contribution in [3.05, 3.63) is 21.3 Å². The van der Waals surface area contributed by atoms with Crippen LogP contribution < -0.4 is 0 Å². The Labute approximate surface area is 98.3 Å². The Morgan fingerprint density at radius 1 is 1.67 bits per heavy atom. The molecule has 1 aromatic rings. The number of carbonyl (C=O) groups is 1. The second-order valence-corrected chi connectivity index (χ2v) is 5.19. The third-order valence-electron chi connectivity index (χ3n) is 2.35. The van der Waals surface area contributed by atoms with Crippen molar-refractivity contribution in [1.82, 2.24) is 4.90 Å². The third-order valence-corrected chi connectivity index (χ3v) is 3.75. The van der Waals surface area contributed by atoms with Gasteiger partial charge >= 0.3 is 5.97 Å². The van der Waals surface area contributed by atoms with E-state index in [-0.39, 0.29) is 12.5 Å². The lowest BCUT2D eigenvalue weighted by atomic mass is 10.2. The van der Waals surface area contributed by atoms with Crippen LogP contribution in [0.15, 0.2) is 12.1 Å². The van der Waals surface area contributed by atoms with E-state index in [4.69, 9.17) is 16.7 Å². The van der Waals surface area contributed by atoms with Crippen molar-refractivity contribution in [3.63, 3.8) is 0 Å². The molecule has 1 atom stereocenters. The zero-order valence-corrected chi connectivity index (χ0v) is 10.3. The number of rotatable bonds is 5. The van der Waals surface area contributed by atoms with Crippen molar-refractivity contribution < 1.29 is 9.90 Å². The standard InChI is InChI=1S/C10H14ClNO2S/c1-7(8-3-4-9(11)15-8)12(2)6-5-10(13)14/h3-4,7H,5-6H2,1-2H3,(H,13,14). The summed E-state index contributed by atoms with van der Waals surface area (Å²) >= 11 is 7.38. The van der Waals surface area contributed by atoms with Crippen molar-refractivity contribution in [2.45, 2.75) is 19.4 Å². The van der Waals surface area contributed by atoms with Crippen molar-refractivity contribution in [1.29, 1.82) is 0 Å². The smallest absolute Gasteiger partial charge is 0.304 e. The van der Waals surface area contributed by atoms with Gasteiger partial charge in [0.25, 0.3) is 0 Å². The predicted molar refractivity (Wildman–Crippen MR) is 62.6 cm³/mol. The van der Waals surface area contributed by atoms with Crippen LogP contribution in [0.25, 0.3) is 0 Å². The minimum absolute atomic E-state index is 0.167. The summed E-state index contributed by atoms with van der Waals surface area (Å²) in [7, 11) is 1.92. The molecule has 1 aromatic heterocycles. The highest BCUT2D eigenvalue weighted by Gasteiger charge is 2.14. The summed E-state index contributed by atoms with van der Waals surface area (Å²) in [6, 6.07) is 4.06. The lowest BCUT2D eigenvalue weighted by molar-refractivity contribution is -0.137. The van der Waals surface area contributed by atoms with Gasteiger partial charge in [-0.15, -0.1) is 11.3 Å². The molecule has 1 heterocycles. The molecule has 1 rings (SSSR count). The molecule has 0 spiro atoms. The molecule has 0 radical (unpaired) electrons. The van der Waals surface area contributed by atoms with E-state index in [1.807, 2.05) is 31.0 Å². The maximum Gasteiger partial charge on any atom is 0.304 e. The van der Waals surface area contributed by atoms with Crippen molar-refractivity contribution in [2.24, 2.45) is 0 Å². The summed E-state index contributed by atoms with van der Waals surface area (Å²) in [4.78, 5) is 13.6. The van der Waals surface area contributed by atoms with E-state index in [1.54, 1.807) is 0 Å². The lowest BCUT2D eigenvalue weighted by Crippen LogP contribution is -2.24. The molecule has 0 aliphatic carbocycles. The number of hydrogen-bond donors (Lipinski definition) is 1. The van der Waals surface area contributed by atoms with Gasteiger partial charge in [0, 0.05) is 17.5 Å². The lowest BCUT2D eigenvalue weighted by Gasteiger charge is -2.22. The van der Waals surface area contributed by atoms with Crippen LogP contribution in [0.4, 0.5) is 0 Å². The van der Waals surface area contributed by atoms with Crippen LogP contribution in [0.3, 0.4) is 0 Å². The first-order chi connectivity index (χ1) is 7.00. The summed E-state index contributed by atoms with van der Waals surface area (Å²) in [5.74, 6) is -0.765. The molecule has 0 aromatic carbocycles. The second kappa shape index (κ2) is 5.49. The topological polar surface area (TPSA) is 40.5 Å². The van der Waals surface area contributed by atoms with Crippen LogP contribution in [-0.4, -0.2) is 29.6 Å². The van der Waals surface area contributed by atoms with E-state index in [1.165, 1.54) is 11.3 Å². The summed E-state index contributed by atoms with van der Waals surface area (Å²) in [5, 5.41) is 8.57. The van der Waals surface area contributed by atoms with Crippen molar-refractivity contribution in [2.75, 3.05) is 13.6 Å². The maximum atomic E-state index is 10.4. The van der Waals surface area contributed by atoms with Crippen LogP contribution in [0, 0.1) is 0 Å². The molecule has 84 valence electrons. The van der Waals surface area contributed by atoms with Crippen LogP contribution in [0.5, 0.6) is 0 Å². The van der Waals surface area contributed by atoms with Gasteiger partial charge in [-0.3, -0.25) is 9.69 Å². The summed E-state index contributed by atoms with van der Waals surface area (Å²) < 4.78 is 0.767. The minimum atomic E-state index is -0.765. The molecule has 0 aliphatic heterocycles. The number of hydrogen-bond acceptors (Lipinski definition) is 3. The van der Waals surface area contributed by atoms with E-state index in [9.17, 15) is 4.79 Å². The molecule has 15 heavy (non-hydrogen) atoms. The van der Waals surface area contributed by atoms with Crippen molar-refractivity contribution in [3.8, 4) is 0 Å². The molecule has 5 heteroatoms. The summed E-state index contributed by atoms with van der Waals surface area (Å²) in [5.41, 5.74) is 0. The van der Waals surface area contributed by atoms with Gasteiger partial charge in [-0.05, 0) is 26.1 Å². The number of carboxylic acids is 1. The molecular weight excluding hydrogens is 234 g/mol. The Hall–Kier alpha value is -0.580. The van der Waals surface area contributed by atoms with Crippen molar-refractivity contribution >= 4 is 28.9 Å². The van der Waals surface area contributed by atoms with Gasteiger partial charge in [0.05, 0.1) is 10.8 Å². The molecule has 0 saturated heterocycles. The number of thiophene rings is 1. The zero-order chi connectivity index (χ0) is 11.4. The number of aliphatic carboxylic acids is 1. The SMILES string of the molecule is CC(c1ccc(Cl)s1)N(C)CCC(=O)O. The van der Waals surface area contributed by atoms with Gasteiger partial charge < -0.3 is 5.11 Å². The van der Waals surface area contributed by atoms with E-state index >= 15 is 0 Å². The Kier molecular flexibility index (Phi) is 4.57. The summed E-state index contributed by atoms with van der Waals surface area (Å²) in [6.07, 6.45) is 0.167. The fraction of sp³-hybridized carbons (Fsp3) is 0.500. The molecular formula is C10H14ClNO2S. The Bertz CT molecular complexity index is 340. The van der Waals surface area contributed by atoms with Gasteiger partial charge in [-0.25, -0.2) is 0 Å². The Morgan fingerprint density at radius 2 is 2.33 bits per heavy atom. The molecule has 0 saturated carbocycles. The van der Waals surface area contributed by atoms with E-state index in [0.29, 0.717) is 6.54 Å². The number of halogens is 1. The molecule has 1 N–H and O–H groups in total. The van der Waals surface area contributed by atoms with Gasteiger partial charge in [0.2, 0.25) is 0 Å². The quantitative estimate of drug-likeness (QED) is 0.870. The van der Waals surface area contributed by atoms with Gasteiger partial charge in [0.15, 0.2) is 0 Å². The Balaban J connectivity index is 2.52. The van der Waals surface area contributed by atoms with E-state index in [0.717, 1.165) is 9.21 Å². The molecule has 0 aliphatic rings. The first kappa shape index (κ1) is 12.5. The largest absolute Gasteiger partial charge is 0.481 e. The Morgan fingerprint density at radius 3 is 2.80 bits per heavy atom. The second-order valence-electron chi connectivity index (χ2n) is 3.44. The van der Waals surface area contributed by atoms with Gasteiger partial charge in [-0.1, -0.05) is 11.6 Å². The van der Waals surface area contributed by atoms with Crippen LogP contribution >= 0.6 is 22.9 Å². The molecule has 0 fully saturated rings. The molecule has 3 nitrogen and oxygen atoms in total. The highest BCUT2D eigenvalue weighted by atomic mass is 35.5. The monoisotopic (exact) mass is 247 g/mol. The van der Waals surface area contributed by atoms with Crippen LogP contribution in [-0.2, 0) is 4.79 Å². The van der Waals surface area contributed by atoms with Crippen LogP contribution in [0.1, 0.15) is 24.3 Å². The summed E-state index contributed by atoms with van der Waals surface area (Å²) in [6.45, 7) is 2.59. The predicted octanol–water partition coefficient (Wildman–Crippen LogP) is 2.87. The highest BCUT2D eigenvalue weighted by Crippen LogP contribution is 2.29. The normalized spacial score (nSPS) is 13.1. The molecule has 1 unspecified atom stereocenters. The highest BCUT2D eigenvalue weighted by molar-refractivity contribution is 7.16. The maximum absolute atomic E-state index is 10.4. The van der Waals surface area contributed by atoms with E-state index in [2.05, 4.69) is 0 Å². The number of nitrogens with zero attached hydrogens (tertiary/aromatic N) is 1. The zero-order valence-electron chi connectivity index (χ0n) is 8.74. The third kappa shape index (κ3) is 3.81. The first-order valence-corrected chi connectivity index (χ1v) is 5.87. The van der Waals surface area contributed by atoms with Crippen LogP contribution in [0.2, 0.25) is 4.34 Å². The van der Waals surface area contributed by atoms with E-state index < -0.39 is 5.97 Å². The van der Waals surface area contributed by atoms with Gasteiger partial charge in [0.1, 0.15) is 0 Å². The molecule has 0 bridgehead atoms. The fourth-order valence-electron chi connectivity index (χ4n) is 1.24.